The van der Waals surface area contributed by atoms with Crippen LogP contribution in [0.4, 0.5) is 0 Å². The summed E-state index contributed by atoms with van der Waals surface area (Å²) in [6, 6.07) is 0.0229. The van der Waals surface area contributed by atoms with Crippen LogP contribution in [0.25, 0.3) is 0 Å². The first-order valence-electron chi connectivity index (χ1n) is 10.0. The topological polar surface area (TPSA) is 66.4 Å². The number of hydrogen-bond acceptors (Lipinski definition) is 3. The highest BCUT2D eigenvalue weighted by atomic mass is 16.3. The molecule has 1 unspecified atom stereocenters. The number of Topliss-reactive ketones (excluding diaryl/α,β-unsaturated/α-hetero) is 1. The summed E-state index contributed by atoms with van der Waals surface area (Å²) in [5, 5.41) is 13.5. The standard InChI is InChI=1S/C22H33NO3/c1-12(2)8-18-20-15(5)14(4)10-16-9-13(3)6-7-17(24)11-19(25)22(16,20)21(26)23-18/h6,10,12,15-18,20,24H,7-9,11H2,1-5H3,(H,23,26)/b13-6-/t15-,16-,17+,18+,20-,22?/m1/s1. The van der Waals surface area contributed by atoms with E-state index in [-0.39, 0.29) is 41.9 Å². The summed E-state index contributed by atoms with van der Waals surface area (Å²) in [7, 11) is 0. The van der Waals surface area contributed by atoms with Crippen LogP contribution in [0.3, 0.4) is 0 Å². The van der Waals surface area contributed by atoms with E-state index in [2.05, 4.69) is 39.1 Å². The molecule has 1 heterocycles. The molecule has 6 atom stereocenters. The van der Waals surface area contributed by atoms with Crippen molar-refractivity contribution in [2.45, 2.75) is 72.4 Å². The molecule has 2 N–H and O–H groups in total. The van der Waals surface area contributed by atoms with Gasteiger partial charge in [-0.05, 0) is 44.9 Å². The molecule has 1 saturated heterocycles. The van der Waals surface area contributed by atoms with Gasteiger partial charge in [0.1, 0.15) is 5.41 Å². The lowest BCUT2D eigenvalue weighted by Gasteiger charge is -2.46. The van der Waals surface area contributed by atoms with Crippen molar-refractivity contribution in [3.05, 3.63) is 23.3 Å². The summed E-state index contributed by atoms with van der Waals surface area (Å²) in [5.41, 5.74) is 1.40. The zero-order valence-electron chi connectivity index (χ0n) is 16.7. The first kappa shape index (κ1) is 19.3. The van der Waals surface area contributed by atoms with Crippen LogP contribution in [-0.2, 0) is 9.59 Å². The van der Waals surface area contributed by atoms with E-state index < -0.39 is 11.5 Å². The molecule has 1 aliphatic heterocycles. The Labute approximate surface area is 157 Å². The highest BCUT2D eigenvalue weighted by molar-refractivity contribution is 6.09. The molecule has 144 valence electrons. The van der Waals surface area contributed by atoms with Crippen molar-refractivity contribution in [2.24, 2.45) is 29.1 Å². The Balaban J connectivity index is 2.16. The van der Waals surface area contributed by atoms with Crippen LogP contribution in [0.1, 0.15) is 60.3 Å². The van der Waals surface area contributed by atoms with Crippen molar-refractivity contribution in [1.29, 1.82) is 0 Å². The molecule has 4 heteroatoms. The number of hydrogen-bond donors (Lipinski definition) is 2. The third kappa shape index (κ3) is 2.96. The van der Waals surface area contributed by atoms with Gasteiger partial charge in [-0.15, -0.1) is 0 Å². The van der Waals surface area contributed by atoms with Gasteiger partial charge in [-0.2, -0.15) is 0 Å². The lowest BCUT2D eigenvalue weighted by atomic mass is 9.54. The Morgan fingerprint density at radius 1 is 1.27 bits per heavy atom. The summed E-state index contributed by atoms with van der Waals surface area (Å²) >= 11 is 0. The molecule has 1 spiro atoms. The van der Waals surface area contributed by atoms with Crippen LogP contribution in [0.15, 0.2) is 23.3 Å². The van der Waals surface area contributed by atoms with Gasteiger partial charge in [-0.25, -0.2) is 0 Å². The maximum atomic E-state index is 13.5. The minimum atomic E-state index is -1.03. The first-order chi connectivity index (χ1) is 12.2. The molecule has 26 heavy (non-hydrogen) atoms. The van der Waals surface area contributed by atoms with E-state index in [0.717, 1.165) is 12.0 Å². The average Bonchev–Trinajstić information content (AvgIpc) is 2.84. The number of aliphatic hydroxyl groups excluding tert-OH is 1. The number of aliphatic hydroxyl groups is 1. The second-order valence-corrected chi connectivity index (χ2v) is 9.18. The molecule has 0 aromatic carbocycles. The maximum absolute atomic E-state index is 13.5. The largest absolute Gasteiger partial charge is 0.392 e. The Morgan fingerprint density at radius 3 is 2.62 bits per heavy atom. The Kier molecular flexibility index (Phi) is 5.17. The monoisotopic (exact) mass is 359 g/mol. The molecular formula is C22H33NO3. The molecule has 2 aliphatic carbocycles. The Bertz CT molecular complexity index is 662. The van der Waals surface area contributed by atoms with Crippen LogP contribution in [0.2, 0.25) is 0 Å². The van der Waals surface area contributed by atoms with Gasteiger partial charge in [0.2, 0.25) is 5.91 Å². The molecule has 1 fully saturated rings. The number of rotatable bonds is 2. The molecule has 0 bridgehead atoms. The molecule has 0 aromatic heterocycles. The minimum Gasteiger partial charge on any atom is -0.392 e. The fraction of sp³-hybridized carbons (Fsp3) is 0.727. The molecular weight excluding hydrogens is 326 g/mol. The van der Waals surface area contributed by atoms with Gasteiger partial charge in [0.05, 0.1) is 6.10 Å². The number of carbonyl (C=O) groups is 2. The lowest BCUT2D eigenvalue weighted by Crippen LogP contribution is -2.53. The molecule has 3 aliphatic rings. The molecule has 0 saturated carbocycles. The molecule has 3 rings (SSSR count). The Hall–Kier alpha value is -1.42. The summed E-state index contributed by atoms with van der Waals surface area (Å²) < 4.78 is 0. The van der Waals surface area contributed by atoms with E-state index in [0.29, 0.717) is 18.8 Å². The zero-order chi connectivity index (χ0) is 19.2. The van der Waals surface area contributed by atoms with Crippen molar-refractivity contribution in [1.82, 2.24) is 5.32 Å². The van der Waals surface area contributed by atoms with Gasteiger partial charge in [0.15, 0.2) is 5.78 Å². The van der Waals surface area contributed by atoms with Gasteiger partial charge >= 0.3 is 0 Å². The molecule has 0 radical (unpaired) electrons. The van der Waals surface area contributed by atoms with E-state index in [1.165, 1.54) is 5.57 Å². The van der Waals surface area contributed by atoms with E-state index >= 15 is 0 Å². The third-order valence-corrected chi connectivity index (χ3v) is 6.85. The highest BCUT2D eigenvalue weighted by Gasteiger charge is 2.65. The van der Waals surface area contributed by atoms with E-state index in [9.17, 15) is 14.7 Å². The van der Waals surface area contributed by atoms with Crippen molar-refractivity contribution in [3.63, 3.8) is 0 Å². The smallest absolute Gasteiger partial charge is 0.234 e. The quantitative estimate of drug-likeness (QED) is 0.586. The summed E-state index contributed by atoms with van der Waals surface area (Å²) in [6.07, 6.45) is 5.65. The van der Waals surface area contributed by atoms with Crippen LogP contribution in [0.5, 0.6) is 0 Å². The lowest BCUT2D eigenvalue weighted by molar-refractivity contribution is -0.147. The number of nitrogens with one attached hydrogen (secondary N) is 1. The maximum Gasteiger partial charge on any atom is 0.234 e. The second kappa shape index (κ2) is 6.95. The van der Waals surface area contributed by atoms with Crippen molar-refractivity contribution >= 4 is 11.7 Å². The molecule has 4 nitrogen and oxygen atoms in total. The fourth-order valence-electron chi connectivity index (χ4n) is 5.57. The summed E-state index contributed by atoms with van der Waals surface area (Å²) in [6.45, 7) is 10.7. The van der Waals surface area contributed by atoms with E-state index in [1.807, 2.05) is 13.0 Å². The van der Waals surface area contributed by atoms with Crippen LogP contribution < -0.4 is 5.32 Å². The van der Waals surface area contributed by atoms with Gasteiger partial charge < -0.3 is 10.4 Å². The Morgan fingerprint density at radius 2 is 1.96 bits per heavy atom. The van der Waals surface area contributed by atoms with Crippen molar-refractivity contribution in [3.8, 4) is 0 Å². The molecule has 1 amide bonds. The number of allylic oxidation sites excluding steroid dienone is 3. The minimum absolute atomic E-state index is 0.0229. The van der Waals surface area contributed by atoms with Crippen LogP contribution in [0, 0.1) is 29.1 Å². The normalized spacial score (nSPS) is 42.7. The number of amides is 1. The summed E-state index contributed by atoms with van der Waals surface area (Å²) in [5.74, 6) is 0.307. The zero-order valence-corrected chi connectivity index (χ0v) is 16.7. The predicted molar refractivity (Wildman–Crippen MR) is 102 cm³/mol. The van der Waals surface area contributed by atoms with Crippen LogP contribution >= 0.6 is 0 Å². The predicted octanol–water partition coefficient (Wildman–Crippen LogP) is 3.41. The second-order valence-electron chi connectivity index (χ2n) is 9.18. The SMILES string of the molecule is CC1=C[C@H]2C/C(C)=C\C[C@H](O)CC(=O)C23C(=O)N[C@@H](CC(C)C)[C@H]3[C@@H]1C. The van der Waals surface area contributed by atoms with Crippen molar-refractivity contribution < 1.29 is 14.7 Å². The van der Waals surface area contributed by atoms with Gasteiger partial charge in [0.25, 0.3) is 0 Å². The first-order valence-corrected chi connectivity index (χ1v) is 10.0. The highest BCUT2D eigenvalue weighted by Crippen LogP contribution is 2.56. The summed E-state index contributed by atoms with van der Waals surface area (Å²) in [4.78, 5) is 26.8. The van der Waals surface area contributed by atoms with Gasteiger partial charge in [0, 0.05) is 24.3 Å². The average molecular weight is 360 g/mol. The van der Waals surface area contributed by atoms with Gasteiger partial charge in [-0.3, -0.25) is 9.59 Å². The van der Waals surface area contributed by atoms with Crippen molar-refractivity contribution in [2.75, 3.05) is 0 Å². The van der Waals surface area contributed by atoms with Gasteiger partial charge in [-0.1, -0.05) is 44.1 Å². The van der Waals surface area contributed by atoms with E-state index in [4.69, 9.17) is 0 Å². The number of ketones is 1. The van der Waals surface area contributed by atoms with E-state index in [1.54, 1.807) is 0 Å². The fourth-order valence-corrected chi connectivity index (χ4v) is 5.57. The number of carbonyl (C=O) groups excluding carboxylic acids is 2. The third-order valence-electron chi connectivity index (χ3n) is 6.85. The van der Waals surface area contributed by atoms with Crippen LogP contribution in [-0.4, -0.2) is 28.9 Å². The molecule has 0 aromatic rings.